The van der Waals surface area contributed by atoms with E-state index >= 15 is 0 Å². The first-order chi connectivity index (χ1) is 20.9. The molecule has 0 unspecified atom stereocenters. The van der Waals surface area contributed by atoms with Gasteiger partial charge in [0.05, 0.1) is 28.3 Å². The van der Waals surface area contributed by atoms with Crippen LogP contribution in [0.5, 0.6) is 5.75 Å². The summed E-state index contributed by atoms with van der Waals surface area (Å²) in [5.74, 6) is -1.84. The SMILES string of the molecule is CNc1nc(-c2cccc(NC(=O)c3c(F)cccc3F)c2)c(-c2ccnc(Nc3ccc(OCC[NH2+]C)c(Cl)c3)n2)s1. The summed E-state index contributed by atoms with van der Waals surface area (Å²) in [7, 11) is 3.73. The number of nitrogens with two attached hydrogens (primary N) is 1. The fourth-order valence-corrected chi connectivity index (χ4v) is 5.25. The Bertz CT molecular complexity index is 1750. The molecule has 0 fully saturated rings. The molecular weight excluding hydrogens is 596 g/mol. The minimum Gasteiger partial charge on any atom is -0.486 e. The van der Waals surface area contributed by atoms with Crippen LogP contribution in [0.25, 0.3) is 21.8 Å². The zero-order valence-corrected chi connectivity index (χ0v) is 24.7. The lowest BCUT2D eigenvalue weighted by atomic mass is 10.1. The second kappa shape index (κ2) is 13.6. The Morgan fingerprint density at radius 2 is 1.81 bits per heavy atom. The van der Waals surface area contributed by atoms with E-state index < -0.39 is 23.1 Å². The molecule has 0 aliphatic rings. The number of ether oxygens (including phenoxy) is 1. The predicted molar refractivity (Wildman–Crippen MR) is 165 cm³/mol. The standard InChI is InChI=1S/C30H26ClF2N7O2S/c1-34-13-14-42-24-10-9-19(16-20(24)31)38-29-36-12-11-23(39-29)27-26(40-30(35-2)43-27)17-5-3-6-18(15-17)37-28(41)25-21(32)7-4-8-22(25)33/h3-12,15-16,34H,13-14H2,1-2H3,(H,35,40)(H,37,41)(H,36,38,39)/p+1. The van der Waals surface area contributed by atoms with Gasteiger partial charge in [-0.2, -0.15) is 0 Å². The molecule has 9 nitrogen and oxygen atoms in total. The van der Waals surface area contributed by atoms with Gasteiger partial charge < -0.3 is 26.0 Å². The van der Waals surface area contributed by atoms with Gasteiger partial charge in [0.15, 0.2) is 5.13 Å². The fourth-order valence-electron chi connectivity index (χ4n) is 4.11. The molecule has 0 aliphatic heterocycles. The van der Waals surface area contributed by atoms with Crippen molar-refractivity contribution < 1.29 is 23.6 Å². The average molecular weight is 623 g/mol. The van der Waals surface area contributed by atoms with Crippen molar-refractivity contribution >= 4 is 51.3 Å². The molecule has 0 spiro atoms. The third-order valence-corrected chi connectivity index (χ3v) is 7.56. The molecule has 0 saturated heterocycles. The minimum absolute atomic E-state index is 0.345. The van der Waals surface area contributed by atoms with Crippen molar-refractivity contribution in [3.8, 4) is 27.6 Å². The van der Waals surface area contributed by atoms with Crippen molar-refractivity contribution in [1.82, 2.24) is 15.0 Å². The molecule has 13 heteroatoms. The summed E-state index contributed by atoms with van der Waals surface area (Å²) in [6.45, 7) is 1.36. The summed E-state index contributed by atoms with van der Waals surface area (Å²) in [5, 5.41) is 11.9. The van der Waals surface area contributed by atoms with Gasteiger partial charge in [0.25, 0.3) is 5.91 Å². The molecule has 2 aromatic heterocycles. The molecule has 3 aromatic carbocycles. The Morgan fingerprint density at radius 1 is 1.02 bits per heavy atom. The Morgan fingerprint density at radius 3 is 2.56 bits per heavy atom. The first-order valence-corrected chi connectivity index (χ1v) is 14.4. The topological polar surface area (TPSA) is 118 Å². The molecule has 0 bridgehead atoms. The monoisotopic (exact) mass is 622 g/mol. The quantitative estimate of drug-likeness (QED) is 0.137. The molecule has 0 aliphatic carbocycles. The number of aromatic nitrogens is 3. The smallest absolute Gasteiger partial charge is 0.261 e. The van der Waals surface area contributed by atoms with Gasteiger partial charge in [-0.1, -0.05) is 41.1 Å². The van der Waals surface area contributed by atoms with Crippen LogP contribution in [-0.2, 0) is 0 Å². The van der Waals surface area contributed by atoms with Gasteiger partial charge >= 0.3 is 0 Å². The lowest BCUT2D eigenvalue weighted by molar-refractivity contribution is -0.627. The molecule has 5 N–H and O–H groups in total. The summed E-state index contributed by atoms with van der Waals surface area (Å²) in [6.07, 6.45) is 1.63. The van der Waals surface area contributed by atoms with Crippen LogP contribution in [0, 0.1) is 11.6 Å². The lowest BCUT2D eigenvalue weighted by Crippen LogP contribution is -2.80. The number of thiazole rings is 1. The molecule has 2 heterocycles. The molecule has 1 amide bonds. The molecule has 0 radical (unpaired) electrons. The highest BCUT2D eigenvalue weighted by Gasteiger charge is 2.20. The summed E-state index contributed by atoms with van der Waals surface area (Å²) >= 11 is 7.80. The number of likely N-dealkylation sites (N-methyl/N-ethyl adjacent to an activating group) is 1. The van der Waals surface area contributed by atoms with Crippen LogP contribution in [0.3, 0.4) is 0 Å². The van der Waals surface area contributed by atoms with E-state index in [0.717, 1.165) is 23.6 Å². The van der Waals surface area contributed by atoms with Crippen molar-refractivity contribution in [2.24, 2.45) is 0 Å². The number of nitrogens with one attached hydrogen (secondary N) is 3. The molecule has 5 aromatic rings. The van der Waals surface area contributed by atoms with Crippen LogP contribution in [0.2, 0.25) is 5.02 Å². The number of quaternary nitrogens is 1. The number of carbonyl (C=O) groups excluding carboxylic acids is 1. The molecule has 0 atom stereocenters. The lowest BCUT2D eigenvalue weighted by Gasteiger charge is -2.11. The number of nitrogens with zero attached hydrogens (tertiary/aromatic N) is 3. The van der Waals surface area contributed by atoms with E-state index in [1.807, 2.05) is 24.5 Å². The van der Waals surface area contributed by atoms with Gasteiger partial charge in [-0.3, -0.25) is 4.79 Å². The van der Waals surface area contributed by atoms with Gasteiger partial charge in [-0.05, 0) is 48.5 Å². The van der Waals surface area contributed by atoms with Gasteiger partial charge in [0.1, 0.15) is 36.1 Å². The molecule has 220 valence electrons. The second-order valence-corrected chi connectivity index (χ2v) is 10.6. The van der Waals surface area contributed by atoms with Crippen molar-refractivity contribution in [3.05, 3.63) is 95.1 Å². The Kier molecular flexibility index (Phi) is 9.40. The number of hydrogen-bond donors (Lipinski definition) is 4. The summed E-state index contributed by atoms with van der Waals surface area (Å²) in [4.78, 5) is 27.2. The summed E-state index contributed by atoms with van der Waals surface area (Å²) in [6, 6.07) is 17.2. The van der Waals surface area contributed by atoms with E-state index in [2.05, 4.69) is 20.9 Å². The van der Waals surface area contributed by atoms with Gasteiger partial charge in [0.2, 0.25) is 5.95 Å². The first kappa shape index (κ1) is 29.8. The van der Waals surface area contributed by atoms with E-state index in [1.165, 1.54) is 17.4 Å². The highest BCUT2D eigenvalue weighted by atomic mass is 35.5. The average Bonchev–Trinajstić information content (AvgIpc) is 3.44. The molecule has 5 rings (SSSR count). The maximum Gasteiger partial charge on any atom is 0.261 e. The predicted octanol–water partition coefficient (Wildman–Crippen LogP) is 5.81. The third kappa shape index (κ3) is 7.05. The maximum atomic E-state index is 14.1. The van der Waals surface area contributed by atoms with E-state index in [1.54, 1.807) is 49.6 Å². The van der Waals surface area contributed by atoms with Gasteiger partial charge in [-0.25, -0.2) is 23.7 Å². The number of halogens is 3. The maximum absolute atomic E-state index is 14.1. The number of rotatable bonds is 11. The number of benzene rings is 3. The molecular formula is C30H27ClF2N7O2S+. The van der Waals surface area contributed by atoms with E-state index in [-0.39, 0.29) is 0 Å². The Labute approximate surface area is 255 Å². The zero-order chi connectivity index (χ0) is 30.3. The highest BCUT2D eigenvalue weighted by Crippen LogP contribution is 2.39. The summed E-state index contributed by atoms with van der Waals surface area (Å²) in [5.41, 5.74) is 2.25. The number of carbonyl (C=O) groups is 1. The van der Waals surface area contributed by atoms with E-state index in [9.17, 15) is 13.6 Å². The van der Waals surface area contributed by atoms with Crippen molar-refractivity contribution in [2.75, 3.05) is 43.2 Å². The van der Waals surface area contributed by atoms with Crippen LogP contribution in [0.4, 0.5) is 31.2 Å². The van der Waals surface area contributed by atoms with Crippen molar-refractivity contribution in [1.29, 1.82) is 0 Å². The number of hydrogen-bond acceptors (Lipinski definition) is 8. The van der Waals surface area contributed by atoms with Crippen LogP contribution in [-0.4, -0.2) is 48.1 Å². The van der Waals surface area contributed by atoms with E-state index in [4.69, 9.17) is 26.3 Å². The molecule has 0 saturated carbocycles. The van der Waals surface area contributed by atoms with Crippen molar-refractivity contribution in [2.45, 2.75) is 0 Å². The number of amides is 1. The largest absolute Gasteiger partial charge is 0.486 e. The first-order valence-electron chi connectivity index (χ1n) is 13.2. The summed E-state index contributed by atoms with van der Waals surface area (Å²) < 4.78 is 34.0. The second-order valence-electron chi connectivity index (χ2n) is 9.16. The zero-order valence-electron chi connectivity index (χ0n) is 23.1. The molecule has 43 heavy (non-hydrogen) atoms. The van der Waals surface area contributed by atoms with Crippen LogP contribution in [0.15, 0.2) is 72.9 Å². The van der Waals surface area contributed by atoms with E-state index in [0.29, 0.717) is 56.8 Å². The van der Waals surface area contributed by atoms with Crippen LogP contribution >= 0.6 is 22.9 Å². The Balaban J connectivity index is 1.40. The van der Waals surface area contributed by atoms with Crippen LogP contribution in [0.1, 0.15) is 10.4 Å². The van der Waals surface area contributed by atoms with Crippen LogP contribution < -0.4 is 26.0 Å². The van der Waals surface area contributed by atoms with Crippen molar-refractivity contribution in [3.63, 3.8) is 0 Å². The Hall–Kier alpha value is -4.65. The normalized spacial score (nSPS) is 10.8. The van der Waals surface area contributed by atoms with Gasteiger partial charge in [0, 0.05) is 30.2 Å². The number of anilines is 4. The minimum atomic E-state index is -0.945. The highest BCUT2D eigenvalue weighted by molar-refractivity contribution is 7.19. The van der Waals surface area contributed by atoms with Gasteiger partial charge in [-0.15, -0.1) is 0 Å². The third-order valence-electron chi connectivity index (χ3n) is 6.17. The fraction of sp³-hybridized carbons (Fsp3) is 0.133.